The minimum absolute atomic E-state index is 0.296. The second-order valence-electron chi connectivity index (χ2n) is 3.85. The van der Waals surface area contributed by atoms with Gasteiger partial charge in [-0.05, 0) is 18.6 Å². The Morgan fingerprint density at radius 1 is 1.39 bits per heavy atom. The fraction of sp³-hybridized carbons (Fsp3) is 0.308. The summed E-state index contributed by atoms with van der Waals surface area (Å²) in [5, 5.41) is 18.4. The van der Waals surface area contributed by atoms with E-state index >= 15 is 0 Å². The molecule has 18 heavy (non-hydrogen) atoms. The number of nitrogens with one attached hydrogen (secondary N) is 2. The molecule has 1 aromatic carbocycles. The van der Waals surface area contributed by atoms with Crippen molar-refractivity contribution >= 4 is 5.91 Å². The summed E-state index contributed by atoms with van der Waals surface area (Å²) in [4.78, 5) is 11.7. The van der Waals surface area contributed by atoms with Crippen LogP contribution in [0.5, 0.6) is 0 Å². The summed E-state index contributed by atoms with van der Waals surface area (Å²) in [5.41, 5.74) is 5.69. The maximum absolute atomic E-state index is 11.7. The van der Waals surface area contributed by atoms with E-state index in [-0.39, 0.29) is 12.5 Å². The Labute approximate surface area is 106 Å². The lowest BCUT2D eigenvalue weighted by molar-refractivity contribution is 0.0561. The van der Waals surface area contributed by atoms with Gasteiger partial charge in [0.2, 0.25) is 0 Å². The van der Waals surface area contributed by atoms with Gasteiger partial charge in [0, 0.05) is 5.56 Å². The molecule has 0 heterocycles. The normalized spacial score (nSPS) is 13.7. The first kappa shape index (κ1) is 14.4. The highest BCUT2D eigenvalue weighted by atomic mass is 16.3. The van der Waals surface area contributed by atoms with E-state index < -0.39 is 12.1 Å². The molecule has 1 rings (SSSR count). The molecule has 0 aliphatic heterocycles. The second kappa shape index (κ2) is 7.60. The van der Waals surface area contributed by atoms with E-state index in [0.29, 0.717) is 12.0 Å². The van der Waals surface area contributed by atoms with E-state index in [1.165, 1.54) is 0 Å². The highest BCUT2D eigenvalue weighted by Gasteiger charge is 2.17. The number of carbonyl (C=O) groups is 1. The van der Waals surface area contributed by atoms with Crippen molar-refractivity contribution in [2.24, 2.45) is 0 Å². The average Bonchev–Trinajstić information content (AvgIpc) is 2.43. The minimum Gasteiger partial charge on any atom is -0.394 e. The van der Waals surface area contributed by atoms with E-state index in [1.54, 1.807) is 30.3 Å². The summed E-state index contributed by atoms with van der Waals surface area (Å²) in [7, 11) is 0. The lowest BCUT2D eigenvalue weighted by atomic mass is 10.1. The molecule has 1 unspecified atom stereocenters. The molecule has 0 spiro atoms. The third kappa shape index (κ3) is 4.29. The highest BCUT2D eigenvalue weighted by molar-refractivity contribution is 5.93. The topological polar surface area (TPSA) is 81.6 Å². The van der Waals surface area contributed by atoms with Gasteiger partial charge in [-0.2, -0.15) is 0 Å². The smallest absolute Gasteiger partial charge is 0.265 e. The first-order valence-corrected chi connectivity index (χ1v) is 5.69. The molecule has 5 heteroatoms. The predicted octanol–water partition coefficient (Wildman–Crippen LogP) is 0.219. The number of rotatable bonds is 7. The number of aliphatic hydroxyl groups excluding tert-OH is 2. The van der Waals surface area contributed by atoms with Crippen LogP contribution in [-0.2, 0) is 0 Å². The molecule has 0 bridgehead atoms. The van der Waals surface area contributed by atoms with Gasteiger partial charge in [0.05, 0.1) is 18.8 Å². The van der Waals surface area contributed by atoms with E-state index in [2.05, 4.69) is 17.4 Å². The Morgan fingerprint density at radius 2 is 2.06 bits per heavy atom. The summed E-state index contributed by atoms with van der Waals surface area (Å²) in [5.74, 6) is -0.296. The predicted molar refractivity (Wildman–Crippen MR) is 68.7 cm³/mol. The van der Waals surface area contributed by atoms with E-state index in [9.17, 15) is 9.90 Å². The number of carbonyl (C=O) groups excluding carboxylic acids is 1. The number of hydrogen-bond donors (Lipinski definition) is 4. The zero-order valence-electron chi connectivity index (χ0n) is 10.0. The SMILES string of the molecule is C=CCC(NNC(=O)c1ccccc1)[C@H](O)CO. The highest BCUT2D eigenvalue weighted by Crippen LogP contribution is 2.00. The Kier molecular flexibility index (Phi) is 6.07. The summed E-state index contributed by atoms with van der Waals surface area (Å²) in [6.45, 7) is 3.17. The first-order chi connectivity index (χ1) is 8.69. The zero-order chi connectivity index (χ0) is 13.4. The van der Waals surface area contributed by atoms with Gasteiger partial charge in [0.15, 0.2) is 0 Å². The molecular formula is C13H18N2O3. The third-order valence-corrected chi connectivity index (χ3v) is 2.48. The molecule has 1 amide bonds. The van der Waals surface area contributed by atoms with Crippen molar-refractivity contribution in [2.45, 2.75) is 18.6 Å². The lowest BCUT2D eigenvalue weighted by Crippen LogP contribution is -2.50. The summed E-state index contributed by atoms with van der Waals surface area (Å²) >= 11 is 0. The molecule has 0 aromatic heterocycles. The average molecular weight is 250 g/mol. The van der Waals surface area contributed by atoms with Gasteiger partial charge in [-0.15, -0.1) is 6.58 Å². The molecule has 4 N–H and O–H groups in total. The van der Waals surface area contributed by atoms with E-state index in [4.69, 9.17) is 5.11 Å². The summed E-state index contributed by atoms with van der Waals surface area (Å²) < 4.78 is 0. The van der Waals surface area contributed by atoms with Crippen LogP contribution >= 0.6 is 0 Å². The maximum atomic E-state index is 11.7. The van der Waals surface area contributed by atoms with Crippen LogP contribution in [0.4, 0.5) is 0 Å². The zero-order valence-corrected chi connectivity index (χ0v) is 10.0. The molecule has 0 aliphatic rings. The van der Waals surface area contributed by atoms with Crippen molar-refractivity contribution in [3.8, 4) is 0 Å². The molecule has 98 valence electrons. The van der Waals surface area contributed by atoms with Gasteiger partial charge >= 0.3 is 0 Å². The van der Waals surface area contributed by atoms with Gasteiger partial charge < -0.3 is 10.2 Å². The minimum atomic E-state index is -0.959. The van der Waals surface area contributed by atoms with Crippen LogP contribution in [0, 0.1) is 0 Å². The maximum Gasteiger partial charge on any atom is 0.265 e. The van der Waals surface area contributed by atoms with Crippen molar-refractivity contribution < 1.29 is 15.0 Å². The molecule has 5 nitrogen and oxygen atoms in total. The second-order valence-corrected chi connectivity index (χ2v) is 3.85. The lowest BCUT2D eigenvalue weighted by Gasteiger charge is -2.21. The molecule has 0 aliphatic carbocycles. The molecule has 1 aromatic rings. The van der Waals surface area contributed by atoms with Crippen LogP contribution < -0.4 is 10.9 Å². The van der Waals surface area contributed by atoms with Crippen molar-refractivity contribution in [1.29, 1.82) is 0 Å². The Balaban J connectivity index is 2.52. The molecular weight excluding hydrogens is 232 g/mol. The number of benzene rings is 1. The Bertz CT molecular complexity index is 381. The van der Waals surface area contributed by atoms with Gasteiger partial charge in [-0.25, -0.2) is 5.43 Å². The molecule has 0 saturated carbocycles. The monoisotopic (exact) mass is 250 g/mol. The fourth-order valence-electron chi connectivity index (χ4n) is 1.44. The van der Waals surface area contributed by atoms with E-state index in [1.807, 2.05) is 6.07 Å². The molecule has 0 radical (unpaired) electrons. The number of hydrazine groups is 1. The number of hydrogen-bond acceptors (Lipinski definition) is 4. The Hall–Kier alpha value is -1.69. The fourth-order valence-corrected chi connectivity index (χ4v) is 1.44. The van der Waals surface area contributed by atoms with Crippen molar-refractivity contribution in [3.63, 3.8) is 0 Å². The van der Waals surface area contributed by atoms with Gasteiger partial charge in [0.25, 0.3) is 5.91 Å². The van der Waals surface area contributed by atoms with Gasteiger partial charge in [-0.3, -0.25) is 10.2 Å². The Morgan fingerprint density at radius 3 is 2.61 bits per heavy atom. The molecule has 2 atom stereocenters. The van der Waals surface area contributed by atoms with Crippen molar-refractivity contribution in [1.82, 2.24) is 10.9 Å². The van der Waals surface area contributed by atoms with Crippen LogP contribution in [0.15, 0.2) is 43.0 Å². The summed E-state index contributed by atoms with van der Waals surface area (Å²) in [6.07, 6.45) is 1.07. The molecule has 0 fully saturated rings. The number of amides is 1. The molecule has 0 saturated heterocycles. The van der Waals surface area contributed by atoms with Crippen LogP contribution in [-0.4, -0.2) is 34.9 Å². The van der Waals surface area contributed by atoms with Crippen LogP contribution in [0.25, 0.3) is 0 Å². The number of aliphatic hydroxyl groups is 2. The van der Waals surface area contributed by atoms with Crippen molar-refractivity contribution in [2.75, 3.05) is 6.61 Å². The quantitative estimate of drug-likeness (QED) is 0.412. The van der Waals surface area contributed by atoms with Crippen LogP contribution in [0.1, 0.15) is 16.8 Å². The standard InChI is InChI=1S/C13H18N2O3/c1-2-6-11(12(17)9-16)14-15-13(18)10-7-4-3-5-8-10/h2-5,7-8,11-12,14,16-17H,1,6,9H2,(H,15,18)/t11?,12-/m1/s1. The largest absolute Gasteiger partial charge is 0.394 e. The summed E-state index contributed by atoms with van der Waals surface area (Å²) in [6, 6.07) is 8.24. The van der Waals surface area contributed by atoms with Crippen LogP contribution in [0.2, 0.25) is 0 Å². The van der Waals surface area contributed by atoms with Gasteiger partial charge in [0.1, 0.15) is 0 Å². The van der Waals surface area contributed by atoms with Gasteiger partial charge in [-0.1, -0.05) is 24.3 Å². The van der Waals surface area contributed by atoms with E-state index in [0.717, 1.165) is 0 Å². The van der Waals surface area contributed by atoms with Crippen LogP contribution in [0.3, 0.4) is 0 Å². The first-order valence-electron chi connectivity index (χ1n) is 5.69. The third-order valence-electron chi connectivity index (χ3n) is 2.48. The van der Waals surface area contributed by atoms with Crippen molar-refractivity contribution in [3.05, 3.63) is 48.6 Å².